The maximum atomic E-state index is 14.1. The van der Waals surface area contributed by atoms with Gasteiger partial charge < -0.3 is 14.8 Å². The third-order valence-corrected chi connectivity index (χ3v) is 2.64. The van der Waals surface area contributed by atoms with E-state index in [1.165, 1.54) is 6.20 Å². The summed E-state index contributed by atoms with van der Waals surface area (Å²) in [7, 11) is 1.76. The zero-order chi connectivity index (χ0) is 14.4. The molecular formula is C15H17FN2O2. The number of ether oxygens (including phenoxy) is 2. The minimum absolute atomic E-state index is 0.0357. The Morgan fingerprint density at radius 2 is 2.05 bits per heavy atom. The van der Waals surface area contributed by atoms with Gasteiger partial charge in [0.05, 0.1) is 6.61 Å². The van der Waals surface area contributed by atoms with E-state index in [9.17, 15) is 4.39 Å². The molecule has 0 radical (unpaired) electrons. The predicted molar refractivity (Wildman–Crippen MR) is 74.6 cm³/mol. The van der Waals surface area contributed by atoms with Gasteiger partial charge in [0.15, 0.2) is 5.82 Å². The lowest BCUT2D eigenvalue weighted by Crippen LogP contribution is -2.08. The number of hydrogen-bond donors (Lipinski definition) is 1. The second kappa shape index (κ2) is 6.86. The van der Waals surface area contributed by atoms with Gasteiger partial charge in [-0.2, -0.15) is 0 Å². The quantitative estimate of drug-likeness (QED) is 0.880. The summed E-state index contributed by atoms with van der Waals surface area (Å²) in [5.74, 6) is 0.677. The van der Waals surface area contributed by atoms with E-state index in [1.54, 1.807) is 31.3 Å². The van der Waals surface area contributed by atoms with E-state index in [1.807, 2.05) is 13.0 Å². The second-order valence-corrected chi connectivity index (χ2v) is 4.13. The van der Waals surface area contributed by atoms with Crippen molar-refractivity contribution in [2.45, 2.75) is 13.5 Å². The van der Waals surface area contributed by atoms with Gasteiger partial charge in [0.1, 0.15) is 11.5 Å². The van der Waals surface area contributed by atoms with E-state index in [4.69, 9.17) is 9.47 Å². The van der Waals surface area contributed by atoms with Crippen molar-refractivity contribution in [3.05, 3.63) is 47.9 Å². The minimum Gasteiger partial charge on any atom is -0.494 e. The number of halogens is 1. The molecule has 0 bridgehead atoms. The van der Waals surface area contributed by atoms with Gasteiger partial charge >= 0.3 is 0 Å². The van der Waals surface area contributed by atoms with Crippen molar-refractivity contribution < 1.29 is 13.9 Å². The highest BCUT2D eigenvalue weighted by Gasteiger charge is 2.11. The largest absolute Gasteiger partial charge is 0.494 e. The van der Waals surface area contributed by atoms with Crippen LogP contribution in [-0.2, 0) is 6.54 Å². The van der Waals surface area contributed by atoms with Crippen LogP contribution in [0, 0.1) is 5.82 Å². The molecule has 2 aromatic rings. The smallest absolute Gasteiger partial charge is 0.256 e. The number of hydrogen-bond acceptors (Lipinski definition) is 4. The SMILES string of the molecule is CCOc1cccc(Oc2nccc(CNC)c2F)c1. The molecule has 1 N–H and O–H groups in total. The molecule has 0 amide bonds. The lowest BCUT2D eigenvalue weighted by atomic mass is 10.2. The number of nitrogens with one attached hydrogen (secondary N) is 1. The van der Waals surface area contributed by atoms with Crippen LogP contribution in [0.25, 0.3) is 0 Å². The number of aromatic nitrogens is 1. The summed E-state index contributed by atoms with van der Waals surface area (Å²) >= 11 is 0. The Labute approximate surface area is 117 Å². The van der Waals surface area contributed by atoms with Crippen LogP contribution in [0.1, 0.15) is 12.5 Å². The van der Waals surface area contributed by atoms with Gasteiger partial charge in [0, 0.05) is 24.4 Å². The summed E-state index contributed by atoms with van der Waals surface area (Å²) < 4.78 is 25.0. The summed E-state index contributed by atoms with van der Waals surface area (Å²) in [6.07, 6.45) is 1.53. The summed E-state index contributed by atoms with van der Waals surface area (Å²) in [4.78, 5) is 3.93. The normalized spacial score (nSPS) is 10.3. The Bertz CT molecular complexity index is 576. The van der Waals surface area contributed by atoms with Gasteiger partial charge in [-0.25, -0.2) is 9.37 Å². The molecule has 0 saturated carbocycles. The summed E-state index contributed by atoms with van der Waals surface area (Å²) in [6, 6.07) is 8.66. The molecule has 0 unspecified atom stereocenters. The summed E-state index contributed by atoms with van der Waals surface area (Å²) in [5, 5.41) is 2.90. The van der Waals surface area contributed by atoms with Crippen LogP contribution >= 0.6 is 0 Å². The zero-order valence-corrected chi connectivity index (χ0v) is 11.5. The molecule has 20 heavy (non-hydrogen) atoms. The Kier molecular flexibility index (Phi) is 4.90. The van der Waals surface area contributed by atoms with Crippen molar-refractivity contribution in [3.8, 4) is 17.4 Å². The van der Waals surface area contributed by atoms with Crippen LogP contribution < -0.4 is 14.8 Å². The van der Waals surface area contributed by atoms with Crippen molar-refractivity contribution in [2.75, 3.05) is 13.7 Å². The van der Waals surface area contributed by atoms with Crippen LogP contribution in [0.2, 0.25) is 0 Å². The lowest BCUT2D eigenvalue weighted by molar-refractivity contribution is 0.337. The summed E-state index contributed by atoms with van der Waals surface area (Å²) in [5.41, 5.74) is 0.512. The molecule has 0 aliphatic heterocycles. The first kappa shape index (κ1) is 14.3. The van der Waals surface area contributed by atoms with Gasteiger partial charge in [-0.1, -0.05) is 6.07 Å². The molecule has 0 aliphatic carbocycles. The van der Waals surface area contributed by atoms with Gasteiger partial charge in [0.2, 0.25) is 0 Å². The molecule has 0 fully saturated rings. The van der Waals surface area contributed by atoms with Crippen molar-refractivity contribution in [1.29, 1.82) is 0 Å². The standard InChI is InChI=1S/C15H17FN2O2/c1-3-19-12-5-4-6-13(9-12)20-15-14(16)11(10-17-2)7-8-18-15/h4-9,17H,3,10H2,1-2H3. The monoisotopic (exact) mass is 276 g/mol. The Hall–Kier alpha value is -2.14. The fourth-order valence-corrected chi connectivity index (χ4v) is 1.77. The molecule has 5 heteroatoms. The first-order valence-electron chi connectivity index (χ1n) is 6.43. The van der Waals surface area contributed by atoms with Gasteiger partial charge in [-0.05, 0) is 32.2 Å². The van der Waals surface area contributed by atoms with Gasteiger partial charge in [-0.3, -0.25) is 0 Å². The fraction of sp³-hybridized carbons (Fsp3) is 0.267. The van der Waals surface area contributed by atoms with E-state index < -0.39 is 5.82 Å². The van der Waals surface area contributed by atoms with Crippen LogP contribution in [-0.4, -0.2) is 18.6 Å². The van der Waals surface area contributed by atoms with Crippen LogP contribution in [0.3, 0.4) is 0 Å². The highest BCUT2D eigenvalue weighted by Crippen LogP contribution is 2.26. The van der Waals surface area contributed by atoms with Gasteiger partial charge in [0.25, 0.3) is 5.88 Å². The molecule has 1 aromatic carbocycles. The molecule has 0 aliphatic rings. The Morgan fingerprint density at radius 1 is 1.25 bits per heavy atom. The Morgan fingerprint density at radius 3 is 2.80 bits per heavy atom. The minimum atomic E-state index is -0.455. The third kappa shape index (κ3) is 3.45. The molecule has 4 nitrogen and oxygen atoms in total. The molecular weight excluding hydrogens is 259 g/mol. The maximum Gasteiger partial charge on any atom is 0.256 e. The van der Waals surface area contributed by atoms with E-state index in [2.05, 4.69) is 10.3 Å². The summed E-state index contributed by atoms with van der Waals surface area (Å²) in [6.45, 7) is 2.88. The van der Waals surface area contributed by atoms with Crippen LogP contribution in [0.5, 0.6) is 17.4 Å². The average Bonchev–Trinajstić information content (AvgIpc) is 2.44. The second-order valence-electron chi connectivity index (χ2n) is 4.13. The number of rotatable bonds is 6. The van der Waals surface area contributed by atoms with Crippen LogP contribution in [0.15, 0.2) is 36.5 Å². The molecule has 106 valence electrons. The predicted octanol–water partition coefficient (Wildman–Crippen LogP) is 3.13. The number of pyridine rings is 1. The zero-order valence-electron chi connectivity index (χ0n) is 11.5. The molecule has 0 atom stereocenters. The van der Waals surface area contributed by atoms with E-state index in [0.29, 0.717) is 30.2 Å². The van der Waals surface area contributed by atoms with Crippen molar-refractivity contribution >= 4 is 0 Å². The van der Waals surface area contributed by atoms with Gasteiger partial charge in [-0.15, -0.1) is 0 Å². The first-order chi connectivity index (χ1) is 9.74. The third-order valence-electron chi connectivity index (χ3n) is 2.64. The topological polar surface area (TPSA) is 43.4 Å². The molecule has 2 rings (SSSR count). The highest BCUT2D eigenvalue weighted by molar-refractivity contribution is 5.36. The van der Waals surface area contributed by atoms with E-state index in [-0.39, 0.29) is 5.88 Å². The average molecular weight is 276 g/mol. The maximum absolute atomic E-state index is 14.1. The first-order valence-corrected chi connectivity index (χ1v) is 6.43. The van der Waals surface area contributed by atoms with Crippen molar-refractivity contribution in [3.63, 3.8) is 0 Å². The van der Waals surface area contributed by atoms with Crippen LogP contribution in [0.4, 0.5) is 4.39 Å². The fourth-order valence-electron chi connectivity index (χ4n) is 1.77. The Balaban J connectivity index is 2.21. The number of nitrogens with zero attached hydrogens (tertiary/aromatic N) is 1. The molecule has 1 aromatic heterocycles. The van der Waals surface area contributed by atoms with E-state index >= 15 is 0 Å². The van der Waals surface area contributed by atoms with E-state index in [0.717, 1.165) is 0 Å². The lowest BCUT2D eigenvalue weighted by Gasteiger charge is -2.10. The highest BCUT2D eigenvalue weighted by atomic mass is 19.1. The van der Waals surface area contributed by atoms with Crippen molar-refractivity contribution in [1.82, 2.24) is 10.3 Å². The molecule has 0 spiro atoms. The molecule has 1 heterocycles. The number of benzene rings is 1. The molecule has 0 saturated heterocycles. The van der Waals surface area contributed by atoms with Crippen molar-refractivity contribution in [2.24, 2.45) is 0 Å².